The normalized spacial score (nSPS) is 10.2. The van der Waals surface area contributed by atoms with Crippen LogP contribution in [0.4, 0.5) is 5.69 Å². The molecule has 0 unspecified atom stereocenters. The first-order valence-electron chi connectivity index (χ1n) is 6.06. The van der Waals surface area contributed by atoms with Crippen molar-refractivity contribution in [2.45, 2.75) is 13.0 Å². The number of H-pyrrole nitrogens is 1. The Bertz CT molecular complexity index is 636. The summed E-state index contributed by atoms with van der Waals surface area (Å²) in [5.41, 5.74) is 6.96. The fourth-order valence-electron chi connectivity index (χ4n) is 1.55. The van der Waals surface area contributed by atoms with E-state index in [-0.39, 0.29) is 23.8 Å². The molecule has 0 spiro atoms. The smallest absolute Gasteiger partial charge is 0.304 e. The predicted octanol–water partition coefficient (Wildman–Crippen LogP) is 1.10. The lowest BCUT2D eigenvalue weighted by atomic mass is 10.3. The quantitative estimate of drug-likeness (QED) is 0.695. The first-order valence-corrected chi connectivity index (χ1v) is 6.94. The van der Waals surface area contributed by atoms with Crippen LogP contribution in [0.1, 0.15) is 12.1 Å². The van der Waals surface area contributed by atoms with Gasteiger partial charge in [0.25, 0.3) is 0 Å². The number of hydrogen-bond acceptors (Lipinski definition) is 5. The molecule has 2 rings (SSSR count). The van der Waals surface area contributed by atoms with Gasteiger partial charge in [0.2, 0.25) is 5.91 Å². The molecule has 7 heteroatoms. The standard InChI is InChI=1S/C13H15N3O3S/c14-10-3-1-2-4-11(10)19-6-5-12(17)15-7-9-8-20-13(18)16-9/h1-4,8H,5-7,14H2,(H,15,17)(H,16,18). The Kier molecular flexibility index (Phi) is 4.78. The van der Waals surface area contributed by atoms with E-state index in [2.05, 4.69) is 10.3 Å². The number of thiazole rings is 1. The molecule has 20 heavy (non-hydrogen) atoms. The van der Waals surface area contributed by atoms with Crippen LogP contribution in [0.15, 0.2) is 34.4 Å². The van der Waals surface area contributed by atoms with E-state index in [0.29, 0.717) is 23.7 Å². The summed E-state index contributed by atoms with van der Waals surface area (Å²) in [7, 11) is 0. The Morgan fingerprint density at radius 3 is 2.90 bits per heavy atom. The van der Waals surface area contributed by atoms with E-state index in [1.54, 1.807) is 17.5 Å². The molecule has 0 aliphatic rings. The van der Waals surface area contributed by atoms with Crippen molar-refractivity contribution in [1.29, 1.82) is 0 Å². The third-order valence-electron chi connectivity index (χ3n) is 2.55. The second-order valence-electron chi connectivity index (χ2n) is 4.09. The number of aromatic nitrogens is 1. The first kappa shape index (κ1) is 14.1. The number of amides is 1. The zero-order chi connectivity index (χ0) is 14.4. The molecule has 0 aliphatic carbocycles. The zero-order valence-corrected chi connectivity index (χ0v) is 11.5. The second-order valence-corrected chi connectivity index (χ2v) is 4.93. The van der Waals surface area contributed by atoms with Crippen LogP contribution in [0.2, 0.25) is 0 Å². The molecule has 106 valence electrons. The van der Waals surface area contributed by atoms with E-state index in [0.717, 1.165) is 11.3 Å². The molecule has 1 aromatic heterocycles. The average Bonchev–Trinajstić information content (AvgIpc) is 2.84. The molecule has 2 aromatic rings. The maximum absolute atomic E-state index is 11.6. The van der Waals surface area contributed by atoms with Crippen LogP contribution in [0.25, 0.3) is 0 Å². The zero-order valence-electron chi connectivity index (χ0n) is 10.7. The summed E-state index contributed by atoms with van der Waals surface area (Å²) in [5.74, 6) is 0.425. The van der Waals surface area contributed by atoms with Gasteiger partial charge in [-0.05, 0) is 12.1 Å². The van der Waals surface area contributed by atoms with E-state index < -0.39 is 0 Å². The largest absolute Gasteiger partial charge is 0.491 e. The first-order chi connectivity index (χ1) is 9.65. The van der Waals surface area contributed by atoms with Gasteiger partial charge in [0.05, 0.1) is 25.3 Å². The molecule has 0 aliphatic heterocycles. The Morgan fingerprint density at radius 2 is 2.20 bits per heavy atom. The molecule has 0 atom stereocenters. The van der Waals surface area contributed by atoms with Crippen molar-refractivity contribution < 1.29 is 9.53 Å². The minimum Gasteiger partial charge on any atom is -0.491 e. The summed E-state index contributed by atoms with van der Waals surface area (Å²) in [6.07, 6.45) is 0.225. The number of carbonyl (C=O) groups excluding carboxylic acids is 1. The maximum Gasteiger partial charge on any atom is 0.304 e. The molecule has 0 bridgehead atoms. The van der Waals surface area contributed by atoms with E-state index in [9.17, 15) is 9.59 Å². The van der Waals surface area contributed by atoms with Gasteiger partial charge >= 0.3 is 4.87 Å². The van der Waals surface area contributed by atoms with Gasteiger partial charge in [-0.25, -0.2) is 0 Å². The number of aromatic amines is 1. The number of nitrogens with two attached hydrogens (primary N) is 1. The van der Waals surface area contributed by atoms with Gasteiger partial charge in [-0.2, -0.15) is 0 Å². The molecule has 1 aromatic carbocycles. The summed E-state index contributed by atoms with van der Waals surface area (Å²) >= 11 is 1.07. The Balaban J connectivity index is 1.70. The topological polar surface area (TPSA) is 97.2 Å². The highest BCUT2D eigenvalue weighted by Crippen LogP contribution is 2.19. The lowest BCUT2D eigenvalue weighted by molar-refractivity contribution is -0.121. The van der Waals surface area contributed by atoms with Gasteiger partial charge in [0.15, 0.2) is 0 Å². The third-order valence-corrected chi connectivity index (χ3v) is 3.27. The van der Waals surface area contributed by atoms with Crippen LogP contribution in [0.5, 0.6) is 5.75 Å². The lowest BCUT2D eigenvalue weighted by Gasteiger charge is -2.08. The molecular formula is C13H15N3O3S. The second kappa shape index (κ2) is 6.76. The van der Waals surface area contributed by atoms with E-state index in [1.807, 2.05) is 12.1 Å². The predicted molar refractivity (Wildman–Crippen MR) is 77.8 cm³/mol. The Hall–Kier alpha value is -2.28. The van der Waals surface area contributed by atoms with Gasteiger partial charge in [-0.1, -0.05) is 23.5 Å². The van der Waals surface area contributed by atoms with Gasteiger partial charge in [-0.3, -0.25) is 9.59 Å². The number of rotatable bonds is 6. The summed E-state index contributed by atoms with van der Waals surface area (Å²) in [6.45, 7) is 0.561. The van der Waals surface area contributed by atoms with Crippen molar-refractivity contribution in [2.75, 3.05) is 12.3 Å². The van der Waals surface area contributed by atoms with Crippen molar-refractivity contribution in [2.24, 2.45) is 0 Å². The van der Waals surface area contributed by atoms with E-state index >= 15 is 0 Å². The van der Waals surface area contributed by atoms with Crippen LogP contribution in [-0.2, 0) is 11.3 Å². The Labute approximate surface area is 119 Å². The molecule has 1 amide bonds. The van der Waals surface area contributed by atoms with Crippen LogP contribution < -0.4 is 20.7 Å². The number of anilines is 1. The summed E-state index contributed by atoms with van der Waals surface area (Å²) in [4.78, 5) is 25.0. The highest BCUT2D eigenvalue weighted by atomic mass is 32.1. The number of benzene rings is 1. The number of nitrogens with one attached hydrogen (secondary N) is 2. The Morgan fingerprint density at radius 1 is 1.40 bits per heavy atom. The summed E-state index contributed by atoms with van der Waals surface area (Å²) in [5, 5.41) is 4.38. The van der Waals surface area contributed by atoms with Crippen LogP contribution in [0, 0.1) is 0 Å². The summed E-state index contributed by atoms with van der Waals surface area (Å²) in [6, 6.07) is 7.13. The van der Waals surface area contributed by atoms with E-state index in [4.69, 9.17) is 10.5 Å². The van der Waals surface area contributed by atoms with Gasteiger partial charge < -0.3 is 20.8 Å². The van der Waals surface area contributed by atoms with Crippen molar-refractivity contribution in [3.8, 4) is 5.75 Å². The molecule has 0 radical (unpaired) electrons. The third kappa shape index (κ3) is 4.13. The molecule has 4 N–H and O–H groups in total. The maximum atomic E-state index is 11.6. The number of ether oxygens (including phenoxy) is 1. The van der Waals surface area contributed by atoms with Crippen molar-refractivity contribution in [3.63, 3.8) is 0 Å². The van der Waals surface area contributed by atoms with Gasteiger partial charge in [-0.15, -0.1) is 0 Å². The molecule has 0 saturated heterocycles. The lowest BCUT2D eigenvalue weighted by Crippen LogP contribution is -2.24. The average molecular weight is 293 g/mol. The van der Waals surface area contributed by atoms with Crippen molar-refractivity contribution >= 4 is 22.9 Å². The number of carbonyl (C=O) groups is 1. The number of nitrogen functional groups attached to an aromatic ring is 1. The minimum absolute atomic E-state index is 0.128. The van der Waals surface area contributed by atoms with Crippen LogP contribution in [0.3, 0.4) is 0 Å². The fraction of sp³-hybridized carbons (Fsp3) is 0.231. The molecule has 0 saturated carbocycles. The molecule has 1 heterocycles. The van der Waals surface area contributed by atoms with Crippen molar-refractivity contribution in [3.05, 3.63) is 45.0 Å². The fourth-order valence-corrected chi connectivity index (χ4v) is 2.13. The number of hydrogen-bond donors (Lipinski definition) is 3. The monoisotopic (exact) mass is 293 g/mol. The van der Waals surface area contributed by atoms with Gasteiger partial charge in [0.1, 0.15) is 5.75 Å². The van der Waals surface area contributed by atoms with E-state index in [1.165, 1.54) is 0 Å². The highest BCUT2D eigenvalue weighted by Gasteiger charge is 2.04. The molecular weight excluding hydrogens is 278 g/mol. The van der Waals surface area contributed by atoms with Gasteiger partial charge in [0, 0.05) is 11.1 Å². The molecule has 6 nitrogen and oxygen atoms in total. The van der Waals surface area contributed by atoms with Crippen molar-refractivity contribution in [1.82, 2.24) is 10.3 Å². The highest BCUT2D eigenvalue weighted by molar-refractivity contribution is 7.07. The van der Waals surface area contributed by atoms with Crippen LogP contribution >= 0.6 is 11.3 Å². The number of para-hydroxylation sites is 2. The summed E-state index contributed by atoms with van der Waals surface area (Å²) < 4.78 is 5.42. The molecule has 0 fully saturated rings. The SMILES string of the molecule is Nc1ccccc1OCCC(=O)NCc1csc(=O)[nH]1. The minimum atomic E-state index is -0.147. The van der Waals surface area contributed by atoms with Crippen LogP contribution in [-0.4, -0.2) is 17.5 Å².